The summed E-state index contributed by atoms with van der Waals surface area (Å²) in [6.45, 7) is 7.54. The predicted octanol–water partition coefficient (Wildman–Crippen LogP) is 2.23. The van der Waals surface area contributed by atoms with E-state index in [1.54, 1.807) is 18.2 Å². The maximum Gasteiger partial charge on any atom is 0.339 e. The van der Waals surface area contributed by atoms with E-state index in [0.717, 1.165) is 45.5 Å². The lowest BCUT2D eigenvalue weighted by Crippen LogP contribution is -2.23. The number of hydrogen-bond donors (Lipinski definition) is 2. The molecular weight excluding hydrogens is 712 g/mol. The van der Waals surface area contributed by atoms with Crippen molar-refractivity contribution in [1.82, 2.24) is 0 Å². The van der Waals surface area contributed by atoms with Gasteiger partial charge >= 0.3 is 5.97 Å². The van der Waals surface area contributed by atoms with Crippen molar-refractivity contribution in [2.24, 2.45) is 5.73 Å². The molecule has 8 atom stereocenters. The Balaban J connectivity index is 0.000000221. The molecule has 298 valence electrons. The number of nitriles is 1. The Morgan fingerprint density at radius 1 is 0.830 bits per heavy atom. The number of aliphatic hydroxyl groups excluding tert-OH is 1. The highest BCUT2D eigenvalue weighted by atomic mass is 32.2. The molecular formula is C37H56N2O13S. The molecule has 16 heteroatoms. The summed E-state index contributed by atoms with van der Waals surface area (Å²) in [6, 6.07) is 2.03. The number of ether oxygens (including phenoxy) is 8. The van der Waals surface area contributed by atoms with Crippen molar-refractivity contribution < 1.29 is 60.4 Å². The number of rotatable bonds is 10. The largest absolute Gasteiger partial charge is 0.467 e. The third-order valence-corrected chi connectivity index (χ3v) is 8.09. The van der Waals surface area contributed by atoms with Crippen LogP contribution in [0.5, 0.6) is 0 Å². The Morgan fingerprint density at radius 2 is 1.38 bits per heavy atom. The van der Waals surface area contributed by atoms with Gasteiger partial charge < -0.3 is 48.7 Å². The fourth-order valence-electron chi connectivity index (χ4n) is 4.61. The zero-order valence-electron chi connectivity index (χ0n) is 30.8. The van der Waals surface area contributed by atoms with Gasteiger partial charge in [0.15, 0.2) is 6.10 Å². The summed E-state index contributed by atoms with van der Waals surface area (Å²) in [7, 11) is -1.98. The molecule has 0 radical (unpaired) electrons. The zero-order chi connectivity index (χ0) is 38.7. The maximum absolute atomic E-state index is 10.6. The summed E-state index contributed by atoms with van der Waals surface area (Å²) in [6.07, 6.45) is 26.2. The van der Waals surface area contributed by atoms with Gasteiger partial charge in [-0.15, -0.1) is 0 Å². The van der Waals surface area contributed by atoms with Gasteiger partial charge in [0.25, 0.3) is 10.1 Å². The average Bonchev–Trinajstić information content (AvgIpc) is 3.94. The van der Waals surface area contributed by atoms with Gasteiger partial charge in [0, 0.05) is 0 Å². The predicted molar refractivity (Wildman–Crippen MR) is 196 cm³/mol. The van der Waals surface area contributed by atoms with Crippen molar-refractivity contribution in [3.8, 4) is 6.07 Å². The lowest BCUT2D eigenvalue weighted by Gasteiger charge is -2.13. The Hall–Kier alpha value is -3.05. The molecule has 1 saturated heterocycles. The highest BCUT2D eigenvalue weighted by Crippen LogP contribution is 2.20. The molecule has 3 N–H and O–H groups in total. The molecule has 0 aromatic rings. The molecule has 15 nitrogen and oxygen atoms in total. The van der Waals surface area contributed by atoms with Crippen LogP contribution in [0.1, 0.15) is 26.2 Å². The highest BCUT2D eigenvalue weighted by Gasteiger charge is 2.33. The van der Waals surface area contributed by atoms with E-state index >= 15 is 0 Å². The quantitative estimate of drug-likeness (QED) is 0.141. The number of nitrogens with zero attached hydrogens (tertiary/aromatic N) is 1. The SMILES string of the molecule is C1=C[C@@H](C2CO2)OC1.CCC(O)[C@@H]1C=CCO1.COC(=O)[C@@H]1C=CCO1.CS(=O)(=O)OC[C@@H]1C=CCO1.N#CC[C@@H]1C=CCO1.NCC[C@@H]1C=CCO1. The average molecular weight is 769 g/mol. The van der Waals surface area contributed by atoms with E-state index in [-0.39, 0.29) is 43.1 Å². The fraction of sp³-hybridized carbons (Fsp3) is 0.622. The normalized spacial score (nSPS) is 28.5. The Labute approximate surface area is 313 Å². The van der Waals surface area contributed by atoms with E-state index in [1.165, 1.54) is 7.11 Å². The summed E-state index contributed by atoms with van der Waals surface area (Å²) in [5, 5.41) is 17.3. The van der Waals surface area contributed by atoms with Crippen molar-refractivity contribution in [2.75, 3.05) is 72.8 Å². The minimum atomic E-state index is -3.33. The van der Waals surface area contributed by atoms with E-state index in [0.29, 0.717) is 45.1 Å². The van der Waals surface area contributed by atoms with Gasteiger partial charge in [0.1, 0.15) is 24.4 Å². The van der Waals surface area contributed by atoms with Crippen LogP contribution in [-0.4, -0.2) is 141 Å². The number of epoxide rings is 1. The van der Waals surface area contributed by atoms with Crippen LogP contribution in [0.3, 0.4) is 0 Å². The van der Waals surface area contributed by atoms with E-state index < -0.39 is 16.2 Å². The van der Waals surface area contributed by atoms with Crippen LogP contribution in [0.4, 0.5) is 0 Å². The molecule has 7 heterocycles. The minimum absolute atomic E-state index is 0.0463. The molecule has 0 aliphatic carbocycles. The first kappa shape index (κ1) is 46.1. The summed E-state index contributed by atoms with van der Waals surface area (Å²) < 4.78 is 65.5. The Bertz CT molecular complexity index is 1350. The third kappa shape index (κ3) is 22.1. The maximum atomic E-state index is 10.6. The van der Waals surface area contributed by atoms with Gasteiger partial charge in [-0.05, 0) is 25.5 Å². The summed E-state index contributed by atoms with van der Waals surface area (Å²) in [5.41, 5.74) is 5.29. The molecule has 0 amide bonds. The third-order valence-electron chi connectivity index (χ3n) is 7.52. The molecule has 7 aliphatic rings. The number of nitrogens with two attached hydrogens (primary N) is 1. The lowest BCUT2D eigenvalue weighted by molar-refractivity contribution is -0.149. The van der Waals surface area contributed by atoms with E-state index in [2.05, 4.69) is 21.1 Å². The number of esters is 1. The van der Waals surface area contributed by atoms with Gasteiger partial charge in [0.05, 0.1) is 97.0 Å². The Morgan fingerprint density at radius 3 is 1.81 bits per heavy atom. The number of methoxy groups -OCH3 is 1. The van der Waals surface area contributed by atoms with Gasteiger partial charge in [-0.2, -0.15) is 13.7 Å². The highest BCUT2D eigenvalue weighted by molar-refractivity contribution is 7.85. The second-order valence-corrected chi connectivity index (χ2v) is 13.5. The molecule has 53 heavy (non-hydrogen) atoms. The lowest BCUT2D eigenvalue weighted by atomic mass is 10.1. The van der Waals surface area contributed by atoms with Crippen molar-refractivity contribution in [2.45, 2.75) is 75.0 Å². The first-order valence-corrected chi connectivity index (χ1v) is 19.4. The van der Waals surface area contributed by atoms with Crippen molar-refractivity contribution >= 4 is 16.1 Å². The number of carbonyl (C=O) groups is 1. The second-order valence-electron chi connectivity index (χ2n) is 11.8. The van der Waals surface area contributed by atoms with Crippen molar-refractivity contribution in [3.05, 3.63) is 72.9 Å². The first-order chi connectivity index (χ1) is 25.6. The summed E-state index contributed by atoms with van der Waals surface area (Å²) >= 11 is 0. The van der Waals surface area contributed by atoms with E-state index in [4.69, 9.17) is 44.2 Å². The van der Waals surface area contributed by atoms with Gasteiger partial charge in [0.2, 0.25) is 0 Å². The zero-order valence-corrected chi connectivity index (χ0v) is 31.6. The fourth-order valence-corrected chi connectivity index (χ4v) is 4.99. The van der Waals surface area contributed by atoms with Crippen molar-refractivity contribution in [1.29, 1.82) is 5.26 Å². The molecule has 0 bridgehead atoms. The van der Waals surface area contributed by atoms with E-state index in [1.807, 2.05) is 55.5 Å². The molecule has 2 unspecified atom stereocenters. The second kappa shape index (κ2) is 27.5. The molecule has 0 saturated carbocycles. The van der Waals surface area contributed by atoms with Gasteiger partial charge in [-0.1, -0.05) is 73.8 Å². The van der Waals surface area contributed by atoms with Crippen LogP contribution in [0.25, 0.3) is 0 Å². The van der Waals surface area contributed by atoms with Crippen LogP contribution in [0.2, 0.25) is 0 Å². The number of carbonyl (C=O) groups excluding carboxylic acids is 1. The molecule has 7 aliphatic heterocycles. The molecule has 1 fully saturated rings. The van der Waals surface area contributed by atoms with E-state index in [9.17, 15) is 18.3 Å². The van der Waals surface area contributed by atoms with Crippen molar-refractivity contribution in [3.63, 3.8) is 0 Å². The smallest absolute Gasteiger partial charge is 0.339 e. The van der Waals surface area contributed by atoms with Crippen LogP contribution < -0.4 is 5.73 Å². The van der Waals surface area contributed by atoms with Crippen LogP contribution in [-0.2, 0) is 57.0 Å². The topological polar surface area (TPSA) is 208 Å². The number of hydrogen-bond acceptors (Lipinski definition) is 15. The molecule has 0 spiro atoms. The van der Waals surface area contributed by atoms with Crippen LogP contribution in [0, 0.1) is 11.3 Å². The monoisotopic (exact) mass is 768 g/mol. The first-order valence-electron chi connectivity index (χ1n) is 17.6. The van der Waals surface area contributed by atoms with Crippen LogP contribution >= 0.6 is 0 Å². The molecule has 7 rings (SSSR count). The minimum Gasteiger partial charge on any atom is -0.467 e. The summed E-state index contributed by atoms with van der Waals surface area (Å²) in [4.78, 5) is 10.6. The van der Waals surface area contributed by atoms with Gasteiger partial charge in [-0.25, -0.2) is 4.79 Å². The standard InChI is InChI=1S/C7H12O2.C6H11NO.C6H7NO.C6H10O4S.C6H8O3.C6H8O2/c1-2-6(8)7-4-3-5-9-7;2*7-4-3-6-2-1-5-8-6;1-11(7,8)10-5-6-3-2-4-9-6;1-8-6(7)5-3-2-4-9-5;1-2-5(7-3-1)6-4-8-6/h3-4,6-8H,2,5H2,1H3;1-2,6H,3-5,7H2;1-2,6H,3,5H2;2-3,6H,4-5H2,1H3;2-3,5H,4H2,1H3;1-2,5-6H,3-4H2/t6?,7-;3*6-;5-;5-,6?/m000000/s1. The Kier molecular flexibility index (Phi) is 23.9. The van der Waals surface area contributed by atoms with Crippen LogP contribution in [0.15, 0.2) is 72.9 Å². The number of aliphatic hydroxyl groups is 1. The molecule has 0 aromatic heterocycles. The summed E-state index contributed by atoms with van der Waals surface area (Å²) in [5.74, 6) is -0.330. The van der Waals surface area contributed by atoms with Gasteiger partial charge in [-0.3, -0.25) is 4.18 Å². The molecule has 0 aromatic carbocycles.